The molecule has 0 aliphatic rings. The molecule has 0 aliphatic heterocycles. The Kier molecular flexibility index (Phi) is 4.10. The van der Waals surface area contributed by atoms with Gasteiger partial charge in [-0.05, 0) is 24.3 Å². The van der Waals surface area contributed by atoms with E-state index in [1.54, 1.807) is 12.1 Å². The van der Waals surface area contributed by atoms with Crippen molar-refractivity contribution in [3.05, 3.63) is 58.4 Å². The maximum atomic E-state index is 13.1. The predicted molar refractivity (Wildman–Crippen MR) is 75.1 cm³/mol. The van der Waals surface area contributed by atoms with Crippen LogP contribution in [0.15, 0.2) is 36.4 Å². The minimum atomic E-state index is -0.561. The third-order valence-corrected chi connectivity index (χ3v) is 3.05. The summed E-state index contributed by atoms with van der Waals surface area (Å²) in [4.78, 5) is 11.0. The molecule has 2 aromatic rings. The van der Waals surface area contributed by atoms with Crippen molar-refractivity contribution in [3.8, 4) is 5.75 Å². The van der Waals surface area contributed by atoms with Crippen LogP contribution in [0.4, 0.5) is 10.1 Å². The molecular weight excluding hydrogens is 283 g/mol. The van der Waals surface area contributed by atoms with E-state index < -0.39 is 11.7 Å². The topological polar surface area (TPSA) is 78.3 Å². The zero-order chi connectivity index (χ0) is 14.7. The van der Waals surface area contributed by atoms with Gasteiger partial charge in [-0.3, -0.25) is 4.79 Å². The number of ether oxygens (including phenoxy) is 1. The van der Waals surface area contributed by atoms with E-state index in [-0.39, 0.29) is 12.4 Å². The van der Waals surface area contributed by atoms with Crippen molar-refractivity contribution in [1.82, 2.24) is 0 Å². The molecule has 0 saturated carbocycles. The molecule has 2 aromatic carbocycles. The Balaban J connectivity index is 2.15. The number of amides is 1. The second-order valence-electron chi connectivity index (χ2n) is 4.14. The fourth-order valence-corrected chi connectivity index (χ4v) is 1.84. The van der Waals surface area contributed by atoms with Gasteiger partial charge in [0.25, 0.3) is 0 Å². The summed E-state index contributed by atoms with van der Waals surface area (Å²) in [7, 11) is 0. The summed E-state index contributed by atoms with van der Waals surface area (Å²) in [5.41, 5.74) is 12.1. The van der Waals surface area contributed by atoms with E-state index in [4.69, 9.17) is 27.8 Å². The van der Waals surface area contributed by atoms with Crippen LogP contribution in [0.5, 0.6) is 5.75 Å². The monoisotopic (exact) mass is 294 g/mol. The highest BCUT2D eigenvalue weighted by molar-refractivity contribution is 6.31. The van der Waals surface area contributed by atoms with Gasteiger partial charge in [0.1, 0.15) is 18.2 Å². The Hall–Kier alpha value is -2.27. The SMILES string of the molecule is NC(=O)c1ccc(COc2cc(F)ccc2N)c(Cl)c1. The number of nitrogen functional groups attached to an aromatic ring is 1. The first-order valence-corrected chi connectivity index (χ1v) is 6.11. The van der Waals surface area contributed by atoms with Crippen LogP contribution < -0.4 is 16.2 Å². The minimum Gasteiger partial charge on any atom is -0.487 e. The number of halogens is 2. The molecule has 0 unspecified atom stereocenters. The van der Waals surface area contributed by atoms with Gasteiger partial charge in [-0.1, -0.05) is 17.7 Å². The lowest BCUT2D eigenvalue weighted by atomic mass is 10.1. The van der Waals surface area contributed by atoms with Gasteiger partial charge in [0.05, 0.1) is 5.69 Å². The lowest BCUT2D eigenvalue weighted by Gasteiger charge is -2.10. The van der Waals surface area contributed by atoms with E-state index in [0.717, 1.165) is 0 Å². The fourth-order valence-electron chi connectivity index (χ4n) is 1.61. The molecule has 0 aliphatic carbocycles. The molecule has 6 heteroatoms. The fraction of sp³-hybridized carbons (Fsp3) is 0.0714. The lowest BCUT2D eigenvalue weighted by Crippen LogP contribution is -2.11. The van der Waals surface area contributed by atoms with Crippen molar-refractivity contribution in [2.45, 2.75) is 6.61 Å². The standard InChI is InChI=1S/C14H12ClFN2O2/c15-11-5-8(14(18)19)1-2-9(11)7-20-13-6-10(16)3-4-12(13)17/h1-6H,7,17H2,(H2,18,19). The Morgan fingerprint density at radius 2 is 2.00 bits per heavy atom. The highest BCUT2D eigenvalue weighted by atomic mass is 35.5. The average Bonchev–Trinajstić information content (AvgIpc) is 2.40. The van der Waals surface area contributed by atoms with Crippen molar-refractivity contribution in [2.24, 2.45) is 5.73 Å². The summed E-state index contributed by atoms with van der Waals surface area (Å²) in [6, 6.07) is 8.48. The van der Waals surface area contributed by atoms with Gasteiger partial charge in [-0.2, -0.15) is 0 Å². The average molecular weight is 295 g/mol. The number of carbonyl (C=O) groups is 1. The molecule has 4 N–H and O–H groups in total. The number of hydrogen-bond donors (Lipinski definition) is 2. The molecule has 0 fully saturated rings. The number of anilines is 1. The summed E-state index contributed by atoms with van der Waals surface area (Å²) in [5, 5.41) is 0.344. The zero-order valence-corrected chi connectivity index (χ0v) is 11.2. The molecule has 0 radical (unpaired) electrons. The maximum absolute atomic E-state index is 13.1. The molecular formula is C14H12ClFN2O2. The smallest absolute Gasteiger partial charge is 0.248 e. The van der Waals surface area contributed by atoms with E-state index in [0.29, 0.717) is 21.8 Å². The molecule has 0 heterocycles. The van der Waals surface area contributed by atoms with Gasteiger partial charge in [-0.15, -0.1) is 0 Å². The van der Waals surface area contributed by atoms with Gasteiger partial charge in [-0.25, -0.2) is 4.39 Å². The second kappa shape index (κ2) is 5.79. The number of primary amides is 1. The molecule has 1 amide bonds. The Labute approximate surface area is 120 Å². The van der Waals surface area contributed by atoms with E-state index in [2.05, 4.69) is 0 Å². The summed E-state index contributed by atoms with van der Waals surface area (Å²) < 4.78 is 18.5. The molecule has 4 nitrogen and oxygen atoms in total. The van der Waals surface area contributed by atoms with E-state index >= 15 is 0 Å². The number of rotatable bonds is 4. The van der Waals surface area contributed by atoms with Gasteiger partial charge in [0, 0.05) is 22.2 Å². The molecule has 0 spiro atoms. The van der Waals surface area contributed by atoms with Gasteiger partial charge in [0.15, 0.2) is 0 Å². The highest BCUT2D eigenvalue weighted by Gasteiger charge is 2.08. The summed E-state index contributed by atoms with van der Waals surface area (Å²) in [6.45, 7) is 0.103. The Morgan fingerprint density at radius 1 is 1.25 bits per heavy atom. The second-order valence-corrected chi connectivity index (χ2v) is 4.55. The molecule has 0 atom stereocenters. The summed E-state index contributed by atoms with van der Waals surface area (Å²) >= 11 is 6.02. The van der Waals surface area contributed by atoms with Crippen LogP contribution in [0.1, 0.15) is 15.9 Å². The van der Waals surface area contributed by atoms with Crippen molar-refractivity contribution in [3.63, 3.8) is 0 Å². The summed E-state index contributed by atoms with van der Waals surface area (Å²) in [6.07, 6.45) is 0. The van der Waals surface area contributed by atoms with Crippen LogP contribution in [0.25, 0.3) is 0 Å². The quantitative estimate of drug-likeness (QED) is 0.851. The van der Waals surface area contributed by atoms with Crippen LogP contribution in [0.3, 0.4) is 0 Å². The molecule has 0 saturated heterocycles. The molecule has 104 valence electrons. The van der Waals surface area contributed by atoms with Gasteiger partial charge in [0.2, 0.25) is 5.91 Å². The molecule has 2 rings (SSSR count). The van der Waals surface area contributed by atoms with Gasteiger partial charge >= 0.3 is 0 Å². The Bertz CT molecular complexity index is 662. The largest absolute Gasteiger partial charge is 0.487 e. The predicted octanol–water partition coefficient (Wildman–Crippen LogP) is 2.74. The summed E-state index contributed by atoms with van der Waals surface area (Å²) in [5.74, 6) is -0.766. The van der Waals surface area contributed by atoms with E-state index in [9.17, 15) is 9.18 Å². The highest BCUT2D eigenvalue weighted by Crippen LogP contribution is 2.25. The van der Waals surface area contributed by atoms with E-state index in [1.807, 2.05) is 0 Å². The lowest BCUT2D eigenvalue weighted by molar-refractivity contribution is 0.1000. The molecule has 0 bridgehead atoms. The first-order valence-electron chi connectivity index (χ1n) is 5.73. The number of carbonyl (C=O) groups excluding carboxylic acids is 1. The van der Waals surface area contributed by atoms with Gasteiger partial charge < -0.3 is 16.2 Å². The third kappa shape index (κ3) is 3.19. The number of benzene rings is 2. The first kappa shape index (κ1) is 14.1. The Morgan fingerprint density at radius 3 is 2.65 bits per heavy atom. The molecule has 20 heavy (non-hydrogen) atoms. The van der Waals surface area contributed by atoms with Crippen molar-refractivity contribution in [1.29, 1.82) is 0 Å². The van der Waals surface area contributed by atoms with Crippen molar-refractivity contribution < 1.29 is 13.9 Å². The number of nitrogens with two attached hydrogens (primary N) is 2. The van der Waals surface area contributed by atoms with E-state index in [1.165, 1.54) is 24.3 Å². The first-order chi connectivity index (χ1) is 9.47. The van der Waals surface area contributed by atoms with Crippen LogP contribution >= 0.6 is 11.6 Å². The van der Waals surface area contributed by atoms with Crippen LogP contribution in [0, 0.1) is 5.82 Å². The molecule has 0 aromatic heterocycles. The maximum Gasteiger partial charge on any atom is 0.248 e. The zero-order valence-electron chi connectivity index (χ0n) is 10.4. The van der Waals surface area contributed by atoms with Crippen LogP contribution in [0.2, 0.25) is 5.02 Å². The van der Waals surface area contributed by atoms with Crippen LogP contribution in [-0.4, -0.2) is 5.91 Å². The number of hydrogen-bond acceptors (Lipinski definition) is 3. The van der Waals surface area contributed by atoms with Crippen molar-refractivity contribution >= 4 is 23.2 Å². The third-order valence-electron chi connectivity index (χ3n) is 2.70. The normalized spacial score (nSPS) is 10.3. The van der Waals surface area contributed by atoms with Crippen molar-refractivity contribution in [2.75, 3.05) is 5.73 Å². The minimum absolute atomic E-state index is 0.103. The van der Waals surface area contributed by atoms with Crippen LogP contribution in [-0.2, 0) is 6.61 Å².